The summed E-state index contributed by atoms with van der Waals surface area (Å²) < 4.78 is 1.12. The minimum absolute atomic E-state index is 0.372. The molecule has 1 aromatic carbocycles. The van der Waals surface area contributed by atoms with Gasteiger partial charge in [-0.05, 0) is 41.1 Å². The number of urea groups is 1. The first-order valence-corrected chi connectivity index (χ1v) is 7.04. The van der Waals surface area contributed by atoms with E-state index in [4.69, 9.17) is 5.26 Å². The number of thiophene rings is 1. The third-order valence-electron chi connectivity index (χ3n) is 2.85. The molecule has 0 aliphatic heterocycles. The van der Waals surface area contributed by atoms with Crippen molar-refractivity contribution in [3.8, 4) is 6.07 Å². The van der Waals surface area contributed by atoms with Gasteiger partial charge in [-0.25, -0.2) is 9.78 Å². The van der Waals surface area contributed by atoms with Gasteiger partial charge in [-0.1, -0.05) is 6.07 Å². The topological polar surface area (TPSA) is 77.8 Å². The normalized spacial score (nSPS) is 10.0. The number of pyridine rings is 1. The molecule has 0 bridgehead atoms. The molecule has 102 valence electrons. The Labute approximate surface area is 124 Å². The number of rotatable bonds is 2. The molecule has 5 nitrogen and oxygen atoms in total. The van der Waals surface area contributed by atoms with Gasteiger partial charge in [0.25, 0.3) is 0 Å². The monoisotopic (exact) mass is 294 g/mol. The molecule has 3 aromatic rings. The summed E-state index contributed by atoms with van der Waals surface area (Å²) in [5, 5.41) is 17.2. The summed E-state index contributed by atoms with van der Waals surface area (Å²) in [5.41, 5.74) is 1.17. The molecule has 0 atom stereocenters. The van der Waals surface area contributed by atoms with Crippen LogP contribution in [0.2, 0.25) is 0 Å². The molecule has 2 aromatic heterocycles. The van der Waals surface area contributed by atoms with Crippen molar-refractivity contribution in [1.29, 1.82) is 5.26 Å². The first-order valence-electron chi connectivity index (χ1n) is 6.16. The number of carbonyl (C=O) groups excluding carboxylic acids is 1. The number of fused-ring (bicyclic) bond motifs is 1. The highest BCUT2D eigenvalue weighted by Crippen LogP contribution is 2.24. The van der Waals surface area contributed by atoms with Crippen molar-refractivity contribution in [2.24, 2.45) is 0 Å². The summed E-state index contributed by atoms with van der Waals surface area (Å²) in [5.74, 6) is 0.392. The molecular formula is C15H10N4OS. The molecule has 0 aliphatic rings. The molecule has 2 amide bonds. The molecule has 0 spiro atoms. The fourth-order valence-corrected chi connectivity index (χ4v) is 2.67. The standard InChI is InChI=1S/C15H10N4OS/c16-8-10-1-4-14(17-9-10)19-15(20)18-12-3-2-11-5-6-21-13(11)7-12/h1-7,9H,(H2,17,18,19,20). The molecule has 0 saturated heterocycles. The molecule has 21 heavy (non-hydrogen) atoms. The van der Waals surface area contributed by atoms with Gasteiger partial charge < -0.3 is 5.32 Å². The molecular weight excluding hydrogens is 284 g/mol. The molecule has 0 unspecified atom stereocenters. The summed E-state index contributed by atoms with van der Waals surface area (Å²) in [6.45, 7) is 0. The third kappa shape index (κ3) is 2.99. The Kier molecular flexibility index (Phi) is 3.50. The summed E-state index contributed by atoms with van der Waals surface area (Å²) in [4.78, 5) is 15.9. The van der Waals surface area contributed by atoms with Crippen molar-refractivity contribution in [2.45, 2.75) is 0 Å². The number of nitrogens with zero attached hydrogens (tertiary/aromatic N) is 2. The maximum Gasteiger partial charge on any atom is 0.324 e. The molecule has 0 fully saturated rings. The summed E-state index contributed by atoms with van der Waals surface area (Å²) in [6, 6.07) is 12.5. The number of aromatic nitrogens is 1. The number of anilines is 2. The second-order valence-corrected chi connectivity index (χ2v) is 5.24. The minimum atomic E-state index is -0.372. The lowest BCUT2D eigenvalue weighted by molar-refractivity contribution is 0.262. The highest BCUT2D eigenvalue weighted by atomic mass is 32.1. The van der Waals surface area contributed by atoms with E-state index in [-0.39, 0.29) is 6.03 Å². The SMILES string of the molecule is N#Cc1ccc(NC(=O)Nc2ccc3ccsc3c2)nc1. The van der Waals surface area contributed by atoms with Crippen LogP contribution < -0.4 is 10.6 Å². The second-order valence-electron chi connectivity index (χ2n) is 4.30. The Hall–Kier alpha value is -2.91. The summed E-state index contributed by atoms with van der Waals surface area (Å²) in [7, 11) is 0. The third-order valence-corrected chi connectivity index (χ3v) is 3.73. The van der Waals surface area contributed by atoms with E-state index in [9.17, 15) is 4.79 Å². The van der Waals surface area contributed by atoms with Crippen molar-refractivity contribution >= 4 is 39.0 Å². The fraction of sp³-hybridized carbons (Fsp3) is 0. The Morgan fingerprint density at radius 2 is 2.10 bits per heavy atom. The van der Waals surface area contributed by atoms with Crippen LogP contribution in [0.1, 0.15) is 5.56 Å². The quantitative estimate of drug-likeness (QED) is 0.754. The number of benzene rings is 1. The number of carbonyl (C=O) groups is 1. The lowest BCUT2D eigenvalue weighted by Gasteiger charge is -2.07. The summed E-state index contributed by atoms with van der Waals surface area (Å²) >= 11 is 1.62. The van der Waals surface area contributed by atoms with Gasteiger partial charge in [0.2, 0.25) is 0 Å². The van der Waals surface area contributed by atoms with Crippen LogP contribution in [0.25, 0.3) is 10.1 Å². The zero-order chi connectivity index (χ0) is 14.7. The average Bonchev–Trinajstić information content (AvgIpc) is 2.95. The first-order chi connectivity index (χ1) is 10.2. The number of nitrogens with one attached hydrogen (secondary N) is 2. The van der Waals surface area contributed by atoms with Gasteiger partial charge >= 0.3 is 6.03 Å². The van der Waals surface area contributed by atoms with Crippen molar-refractivity contribution in [1.82, 2.24) is 4.98 Å². The van der Waals surface area contributed by atoms with Crippen LogP contribution in [0.3, 0.4) is 0 Å². The number of nitriles is 1. The smallest absolute Gasteiger partial charge is 0.308 e. The zero-order valence-electron chi connectivity index (χ0n) is 10.8. The molecule has 2 N–H and O–H groups in total. The Balaban J connectivity index is 1.69. The highest BCUT2D eigenvalue weighted by molar-refractivity contribution is 7.17. The number of hydrogen-bond acceptors (Lipinski definition) is 4. The van der Waals surface area contributed by atoms with E-state index in [0.717, 1.165) is 15.8 Å². The van der Waals surface area contributed by atoms with E-state index in [1.54, 1.807) is 23.5 Å². The van der Waals surface area contributed by atoms with Crippen LogP contribution in [-0.2, 0) is 0 Å². The van der Waals surface area contributed by atoms with E-state index in [2.05, 4.69) is 15.6 Å². The van der Waals surface area contributed by atoms with E-state index >= 15 is 0 Å². The van der Waals surface area contributed by atoms with Crippen molar-refractivity contribution in [3.63, 3.8) is 0 Å². The summed E-state index contributed by atoms with van der Waals surface area (Å²) in [6.07, 6.45) is 1.41. The van der Waals surface area contributed by atoms with Gasteiger partial charge in [-0.2, -0.15) is 5.26 Å². The predicted octanol–water partition coefficient (Wildman–Crippen LogP) is 3.81. The molecule has 0 radical (unpaired) electrons. The lowest BCUT2D eigenvalue weighted by Crippen LogP contribution is -2.19. The Morgan fingerprint density at radius 3 is 2.86 bits per heavy atom. The largest absolute Gasteiger partial charge is 0.324 e. The van der Waals surface area contributed by atoms with Gasteiger partial charge in [0.1, 0.15) is 11.9 Å². The van der Waals surface area contributed by atoms with Crippen LogP contribution in [0.15, 0.2) is 48.0 Å². The van der Waals surface area contributed by atoms with Crippen LogP contribution in [-0.4, -0.2) is 11.0 Å². The number of hydrogen-bond donors (Lipinski definition) is 2. The van der Waals surface area contributed by atoms with Crippen LogP contribution in [0, 0.1) is 11.3 Å². The highest BCUT2D eigenvalue weighted by Gasteiger charge is 2.05. The fourth-order valence-electron chi connectivity index (χ4n) is 1.85. The Bertz CT molecular complexity index is 833. The molecule has 0 saturated carbocycles. The van der Waals surface area contributed by atoms with E-state index in [1.807, 2.05) is 35.7 Å². The van der Waals surface area contributed by atoms with Crippen molar-refractivity contribution < 1.29 is 4.79 Å². The Morgan fingerprint density at radius 1 is 1.19 bits per heavy atom. The van der Waals surface area contributed by atoms with Crippen molar-refractivity contribution in [2.75, 3.05) is 10.6 Å². The molecule has 6 heteroatoms. The van der Waals surface area contributed by atoms with Gasteiger partial charge in [0.05, 0.1) is 5.56 Å². The first kappa shape index (κ1) is 13.1. The maximum atomic E-state index is 11.9. The minimum Gasteiger partial charge on any atom is -0.308 e. The van der Waals surface area contributed by atoms with Gasteiger partial charge in [-0.3, -0.25) is 5.32 Å². The number of amides is 2. The molecule has 2 heterocycles. The second kappa shape index (κ2) is 5.61. The zero-order valence-corrected chi connectivity index (χ0v) is 11.6. The van der Waals surface area contributed by atoms with Crippen molar-refractivity contribution in [3.05, 3.63) is 53.5 Å². The van der Waals surface area contributed by atoms with Crippen LogP contribution in [0.5, 0.6) is 0 Å². The maximum absolute atomic E-state index is 11.9. The molecule has 3 rings (SSSR count). The van der Waals surface area contributed by atoms with Gasteiger partial charge in [0.15, 0.2) is 0 Å². The van der Waals surface area contributed by atoms with E-state index in [1.165, 1.54) is 6.20 Å². The van der Waals surface area contributed by atoms with Gasteiger partial charge in [0, 0.05) is 16.6 Å². The van der Waals surface area contributed by atoms with Gasteiger partial charge in [-0.15, -0.1) is 11.3 Å². The van der Waals surface area contributed by atoms with Crippen LogP contribution >= 0.6 is 11.3 Å². The van der Waals surface area contributed by atoms with E-state index in [0.29, 0.717) is 11.4 Å². The predicted molar refractivity (Wildman–Crippen MR) is 83.4 cm³/mol. The lowest BCUT2D eigenvalue weighted by atomic mass is 10.2. The average molecular weight is 294 g/mol. The van der Waals surface area contributed by atoms with E-state index < -0.39 is 0 Å². The van der Waals surface area contributed by atoms with Crippen LogP contribution in [0.4, 0.5) is 16.3 Å². The molecule has 0 aliphatic carbocycles.